The number of fused-ring (bicyclic) bond motifs is 1. The standard InChI is InChI=1S/C21H27ClN2O2S/c1-4-13(2)23-20(25)15-9-10-18-17(11-15)24(3)21(26)19(27-18)12-14-7-5-6-8-16(14)22/h5-8,12-13,15,17-18H,4,9-11H2,1-3H3,(H,23,25)/b19-12-. The molecule has 1 aliphatic heterocycles. The molecule has 0 bridgehead atoms. The van der Waals surface area contributed by atoms with E-state index in [-0.39, 0.29) is 29.8 Å². The highest BCUT2D eigenvalue weighted by molar-refractivity contribution is 8.04. The van der Waals surface area contributed by atoms with Crippen LogP contribution in [0.2, 0.25) is 5.02 Å². The van der Waals surface area contributed by atoms with Crippen LogP contribution in [0.1, 0.15) is 45.1 Å². The molecule has 3 rings (SSSR count). The van der Waals surface area contributed by atoms with Gasteiger partial charge in [-0.1, -0.05) is 36.7 Å². The second-order valence-electron chi connectivity index (χ2n) is 7.50. The Balaban J connectivity index is 1.73. The van der Waals surface area contributed by atoms with Gasteiger partial charge in [-0.15, -0.1) is 11.8 Å². The molecule has 27 heavy (non-hydrogen) atoms. The molecule has 0 aromatic heterocycles. The monoisotopic (exact) mass is 406 g/mol. The van der Waals surface area contributed by atoms with Gasteiger partial charge in [-0.05, 0) is 50.3 Å². The summed E-state index contributed by atoms with van der Waals surface area (Å²) in [5, 5.41) is 4.07. The van der Waals surface area contributed by atoms with E-state index in [1.807, 2.05) is 49.2 Å². The van der Waals surface area contributed by atoms with Crippen molar-refractivity contribution in [1.82, 2.24) is 10.2 Å². The molecule has 0 radical (unpaired) electrons. The van der Waals surface area contributed by atoms with E-state index in [1.165, 1.54) is 0 Å². The number of likely N-dealkylation sites (N-methyl/N-ethyl adjacent to an activating group) is 1. The number of nitrogens with one attached hydrogen (secondary N) is 1. The van der Waals surface area contributed by atoms with Crippen molar-refractivity contribution in [2.45, 2.75) is 56.9 Å². The first-order valence-corrected chi connectivity index (χ1v) is 10.9. The Morgan fingerprint density at radius 1 is 1.41 bits per heavy atom. The van der Waals surface area contributed by atoms with E-state index < -0.39 is 0 Å². The van der Waals surface area contributed by atoms with Crippen LogP contribution >= 0.6 is 23.4 Å². The Hall–Kier alpha value is -1.46. The van der Waals surface area contributed by atoms with Crippen LogP contribution in [0.4, 0.5) is 0 Å². The lowest BCUT2D eigenvalue weighted by Crippen LogP contribution is -2.52. The highest BCUT2D eigenvalue weighted by atomic mass is 35.5. The second kappa shape index (κ2) is 8.70. The van der Waals surface area contributed by atoms with Crippen LogP contribution in [0.15, 0.2) is 29.2 Å². The number of nitrogens with zero attached hydrogens (tertiary/aromatic N) is 1. The molecule has 1 saturated carbocycles. The van der Waals surface area contributed by atoms with Crippen molar-refractivity contribution in [1.29, 1.82) is 0 Å². The van der Waals surface area contributed by atoms with Crippen LogP contribution in [0, 0.1) is 5.92 Å². The first-order chi connectivity index (χ1) is 12.9. The Bertz CT molecular complexity index is 751. The highest BCUT2D eigenvalue weighted by Crippen LogP contribution is 2.43. The Kier molecular flexibility index (Phi) is 6.53. The number of carbonyl (C=O) groups excluding carboxylic acids is 2. The molecule has 6 heteroatoms. The third-order valence-electron chi connectivity index (χ3n) is 5.63. The van der Waals surface area contributed by atoms with Gasteiger partial charge in [0.1, 0.15) is 0 Å². The normalized spacial score (nSPS) is 28.0. The number of hydrogen-bond donors (Lipinski definition) is 1. The molecule has 1 aromatic carbocycles. The minimum atomic E-state index is -0.00908. The fourth-order valence-corrected chi connectivity index (χ4v) is 5.39. The Morgan fingerprint density at radius 2 is 2.15 bits per heavy atom. The third-order valence-corrected chi connectivity index (χ3v) is 7.37. The molecule has 1 saturated heterocycles. The molecule has 1 aromatic rings. The smallest absolute Gasteiger partial charge is 0.260 e. The summed E-state index contributed by atoms with van der Waals surface area (Å²) < 4.78 is 0. The molecular weight excluding hydrogens is 380 g/mol. The van der Waals surface area contributed by atoms with Crippen molar-refractivity contribution in [2.24, 2.45) is 5.92 Å². The minimum absolute atomic E-state index is 0.00908. The van der Waals surface area contributed by atoms with Crippen LogP contribution in [0.5, 0.6) is 0 Å². The maximum absolute atomic E-state index is 12.9. The van der Waals surface area contributed by atoms with E-state index in [1.54, 1.807) is 11.8 Å². The van der Waals surface area contributed by atoms with Crippen LogP contribution in [0.25, 0.3) is 6.08 Å². The summed E-state index contributed by atoms with van der Waals surface area (Å²) in [5.74, 6) is 0.139. The van der Waals surface area contributed by atoms with Crippen LogP contribution in [0.3, 0.4) is 0 Å². The van der Waals surface area contributed by atoms with Crippen LogP contribution in [-0.2, 0) is 9.59 Å². The SMILES string of the molecule is CCC(C)NC(=O)C1CCC2S/C(=C\c3ccccc3Cl)C(=O)N(C)C2C1. The van der Waals surface area contributed by atoms with Crippen LogP contribution in [-0.4, -0.2) is 41.1 Å². The summed E-state index contributed by atoms with van der Waals surface area (Å²) in [6.45, 7) is 4.10. The van der Waals surface area contributed by atoms with Gasteiger partial charge in [-0.2, -0.15) is 0 Å². The number of halogens is 1. The fraction of sp³-hybridized carbons (Fsp3) is 0.524. The first kappa shape index (κ1) is 20.3. The fourth-order valence-electron chi connectivity index (χ4n) is 3.73. The predicted octanol–water partition coefficient (Wildman–Crippen LogP) is 4.34. The lowest BCUT2D eigenvalue weighted by molar-refractivity contribution is -0.132. The van der Waals surface area contributed by atoms with Gasteiger partial charge in [-0.3, -0.25) is 9.59 Å². The van der Waals surface area contributed by atoms with E-state index >= 15 is 0 Å². The summed E-state index contributed by atoms with van der Waals surface area (Å²) in [5.41, 5.74) is 0.864. The largest absolute Gasteiger partial charge is 0.353 e. The summed E-state index contributed by atoms with van der Waals surface area (Å²) in [6.07, 6.45) is 5.36. The zero-order valence-corrected chi connectivity index (χ0v) is 17.6. The van der Waals surface area contributed by atoms with Crippen molar-refractivity contribution in [3.8, 4) is 0 Å². The van der Waals surface area contributed by atoms with Gasteiger partial charge in [0.2, 0.25) is 5.91 Å². The maximum Gasteiger partial charge on any atom is 0.260 e. The Labute approximate surface area is 170 Å². The van der Waals surface area contributed by atoms with Crippen molar-refractivity contribution in [2.75, 3.05) is 7.05 Å². The molecule has 0 spiro atoms. The topological polar surface area (TPSA) is 49.4 Å². The quantitative estimate of drug-likeness (QED) is 0.756. The molecule has 146 valence electrons. The molecule has 4 unspecified atom stereocenters. The summed E-state index contributed by atoms with van der Waals surface area (Å²) in [4.78, 5) is 28.0. The lowest BCUT2D eigenvalue weighted by atomic mass is 9.83. The predicted molar refractivity (Wildman–Crippen MR) is 113 cm³/mol. The van der Waals surface area contributed by atoms with E-state index in [9.17, 15) is 9.59 Å². The van der Waals surface area contributed by atoms with Gasteiger partial charge in [0.25, 0.3) is 5.91 Å². The number of rotatable bonds is 4. The summed E-state index contributed by atoms with van der Waals surface area (Å²) in [7, 11) is 1.86. The Morgan fingerprint density at radius 3 is 2.85 bits per heavy atom. The van der Waals surface area contributed by atoms with E-state index in [4.69, 9.17) is 11.6 Å². The van der Waals surface area contributed by atoms with E-state index in [2.05, 4.69) is 12.2 Å². The summed E-state index contributed by atoms with van der Waals surface area (Å²) >= 11 is 7.89. The van der Waals surface area contributed by atoms with E-state index in [0.29, 0.717) is 10.3 Å². The van der Waals surface area contributed by atoms with Gasteiger partial charge in [0.15, 0.2) is 0 Å². The number of benzene rings is 1. The van der Waals surface area contributed by atoms with Crippen molar-refractivity contribution < 1.29 is 9.59 Å². The van der Waals surface area contributed by atoms with Gasteiger partial charge in [0, 0.05) is 35.3 Å². The van der Waals surface area contributed by atoms with Gasteiger partial charge < -0.3 is 10.2 Å². The maximum atomic E-state index is 12.9. The van der Waals surface area contributed by atoms with Crippen molar-refractivity contribution in [3.05, 3.63) is 39.8 Å². The highest BCUT2D eigenvalue weighted by Gasteiger charge is 2.42. The average molecular weight is 407 g/mol. The lowest BCUT2D eigenvalue weighted by Gasteiger charge is -2.44. The molecule has 1 heterocycles. The average Bonchev–Trinajstić information content (AvgIpc) is 2.67. The molecule has 1 N–H and O–H groups in total. The van der Waals surface area contributed by atoms with E-state index in [0.717, 1.165) is 36.2 Å². The third kappa shape index (κ3) is 4.52. The number of hydrogen-bond acceptors (Lipinski definition) is 3. The first-order valence-electron chi connectivity index (χ1n) is 9.61. The van der Waals surface area contributed by atoms with Crippen LogP contribution < -0.4 is 5.32 Å². The summed E-state index contributed by atoms with van der Waals surface area (Å²) in [6, 6.07) is 7.86. The molecule has 2 aliphatic rings. The van der Waals surface area contributed by atoms with Crippen molar-refractivity contribution >= 4 is 41.3 Å². The molecule has 4 nitrogen and oxygen atoms in total. The molecule has 4 atom stereocenters. The van der Waals surface area contributed by atoms with Gasteiger partial charge in [-0.25, -0.2) is 0 Å². The minimum Gasteiger partial charge on any atom is -0.353 e. The van der Waals surface area contributed by atoms with Gasteiger partial charge >= 0.3 is 0 Å². The molecular formula is C21H27ClN2O2S. The number of amides is 2. The number of thioether (sulfide) groups is 1. The molecule has 1 aliphatic carbocycles. The molecule has 2 amide bonds. The van der Waals surface area contributed by atoms with Crippen molar-refractivity contribution in [3.63, 3.8) is 0 Å². The zero-order chi connectivity index (χ0) is 19.6. The second-order valence-corrected chi connectivity index (χ2v) is 9.19. The molecule has 2 fully saturated rings. The van der Waals surface area contributed by atoms with Gasteiger partial charge in [0.05, 0.1) is 4.91 Å². The zero-order valence-electron chi connectivity index (χ0n) is 16.1. The number of carbonyl (C=O) groups is 2.